The van der Waals surface area contributed by atoms with Crippen molar-refractivity contribution in [2.75, 3.05) is 13.1 Å². The molecule has 1 amide bonds. The molecule has 4 heterocycles. The van der Waals surface area contributed by atoms with Gasteiger partial charge in [0.25, 0.3) is 12.3 Å². The van der Waals surface area contributed by atoms with Crippen LogP contribution in [0.3, 0.4) is 0 Å². The minimum absolute atomic E-state index is 0.130. The first kappa shape index (κ1) is 18.7. The summed E-state index contributed by atoms with van der Waals surface area (Å²) in [5.41, 5.74) is 8.17. The zero-order valence-corrected chi connectivity index (χ0v) is 15.9. The summed E-state index contributed by atoms with van der Waals surface area (Å²) in [5.74, 6) is -0.474. The molecule has 1 aliphatic heterocycles. The molecule has 1 aliphatic rings. The number of piperidine rings is 1. The van der Waals surface area contributed by atoms with Gasteiger partial charge in [-0.3, -0.25) is 4.79 Å². The molecule has 7 nitrogen and oxygen atoms in total. The third kappa shape index (κ3) is 3.11. The van der Waals surface area contributed by atoms with Crippen molar-refractivity contribution in [1.82, 2.24) is 19.5 Å². The predicted molar refractivity (Wildman–Crippen MR) is 105 cm³/mol. The quantitative estimate of drug-likeness (QED) is 0.558. The number of halogens is 2. The lowest BCUT2D eigenvalue weighted by Gasteiger charge is -2.37. The first-order valence-corrected chi connectivity index (χ1v) is 9.66. The number of carbonyl (C=O) groups is 1. The Morgan fingerprint density at radius 1 is 1.23 bits per heavy atom. The molecule has 1 fully saturated rings. The van der Waals surface area contributed by atoms with Crippen molar-refractivity contribution in [1.29, 1.82) is 0 Å². The number of alkyl halides is 2. The molecule has 0 spiro atoms. The summed E-state index contributed by atoms with van der Waals surface area (Å²) < 4.78 is 33.6. The molecule has 1 saturated heterocycles. The van der Waals surface area contributed by atoms with Gasteiger partial charge in [-0.2, -0.15) is 5.10 Å². The minimum Gasteiger partial charge on any atom is -0.464 e. The molecule has 2 N–H and O–H groups in total. The normalized spacial score (nSPS) is 19.8. The van der Waals surface area contributed by atoms with Crippen LogP contribution in [0.25, 0.3) is 16.6 Å². The Morgan fingerprint density at radius 2 is 2.10 bits per heavy atom. The summed E-state index contributed by atoms with van der Waals surface area (Å²) in [5, 5.41) is 5.07. The van der Waals surface area contributed by atoms with Gasteiger partial charge in [-0.05, 0) is 36.8 Å². The highest BCUT2D eigenvalue weighted by atomic mass is 19.3. The van der Waals surface area contributed by atoms with Crippen LogP contribution < -0.4 is 5.73 Å². The molecule has 2 atom stereocenters. The first-order valence-electron chi connectivity index (χ1n) is 9.66. The van der Waals surface area contributed by atoms with Crippen molar-refractivity contribution in [3.05, 3.63) is 65.8 Å². The number of benzene rings is 1. The summed E-state index contributed by atoms with van der Waals surface area (Å²) >= 11 is 0. The fourth-order valence-electron chi connectivity index (χ4n) is 4.08. The van der Waals surface area contributed by atoms with Crippen molar-refractivity contribution >= 4 is 22.5 Å². The van der Waals surface area contributed by atoms with Gasteiger partial charge in [0.2, 0.25) is 0 Å². The predicted octanol–water partition coefficient (Wildman–Crippen LogP) is 3.37. The van der Waals surface area contributed by atoms with E-state index < -0.39 is 6.43 Å². The van der Waals surface area contributed by atoms with Crippen molar-refractivity contribution in [2.45, 2.75) is 24.8 Å². The molecular formula is C21H19F2N5O2. The van der Waals surface area contributed by atoms with Crippen LogP contribution in [0.2, 0.25) is 0 Å². The van der Waals surface area contributed by atoms with E-state index in [2.05, 4.69) is 10.1 Å². The van der Waals surface area contributed by atoms with E-state index in [9.17, 15) is 13.6 Å². The Kier molecular flexibility index (Phi) is 4.47. The Bertz CT molecular complexity index is 1230. The SMILES string of the molecule is NC1CCN(C(=O)c2ccc3occc3c2)C[C@H]1c1cc(C(F)F)nc2ccnn12. The summed E-state index contributed by atoms with van der Waals surface area (Å²) in [7, 11) is 0. The molecule has 1 unspecified atom stereocenters. The highest BCUT2D eigenvalue weighted by Crippen LogP contribution is 2.30. The van der Waals surface area contributed by atoms with Gasteiger partial charge in [0.05, 0.1) is 18.2 Å². The molecule has 0 aliphatic carbocycles. The Balaban J connectivity index is 1.48. The lowest BCUT2D eigenvalue weighted by molar-refractivity contribution is 0.0691. The fraction of sp³-hybridized carbons (Fsp3) is 0.286. The van der Waals surface area contributed by atoms with E-state index in [0.29, 0.717) is 42.0 Å². The lowest BCUT2D eigenvalue weighted by atomic mass is 9.89. The van der Waals surface area contributed by atoms with Gasteiger partial charge in [-0.1, -0.05) is 0 Å². The van der Waals surface area contributed by atoms with E-state index in [1.54, 1.807) is 41.5 Å². The molecule has 3 aromatic heterocycles. The maximum Gasteiger partial charge on any atom is 0.280 e. The standard InChI is InChI=1S/C21H19F2N5O2/c22-20(23)16-10-17(28-19(26-16)3-6-25-28)14-11-27(7-4-15(14)24)21(29)13-1-2-18-12(9-13)5-8-30-18/h1-3,5-6,8-10,14-15,20H,4,7,11,24H2/t14-,15?/m1/s1. The topological polar surface area (TPSA) is 89.7 Å². The van der Waals surface area contributed by atoms with Gasteiger partial charge in [0.1, 0.15) is 11.3 Å². The molecule has 0 radical (unpaired) electrons. The molecular weight excluding hydrogens is 392 g/mol. The van der Waals surface area contributed by atoms with Crippen molar-refractivity contribution in [2.24, 2.45) is 5.73 Å². The van der Waals surface area contributed by atoms with Gasteiger partial charge >= 0.3 is 0 Å². The van der Waals surface area contributed by atoms with E-state index in [-0.39, 0.29) is 23.6 Å². The van der Waals surface area contributed by atoms with Gasteiger partial charge < -0.3 is 15.1 Å². The maximum absolute atomic E-state index is 13.4. The number of nitrogens with two attached hydrogens (primary N) is 1. The number of hydrogen-bond acceptors (Lipinski definition) is 5. The van der Waals surface area contributed by atoms with E-state index in [4.69, 9.17) is 10.2 Å². The van der Waals surface area contributed by atoms with Gasteiger partial charge in [-0.25, -0.2) is 18.3 Å². The number of furan rings is 1. The zero-order chi connectivity index (χ0) is 20.8. The summed E-state index contributed by atoms with van der Waals surface area (Å²) in [6.07, 6.45) is 0.939. The van der Waals surface area contributed by atoms with E-state index >= 15 is 0 Å². The molecule has 5 rings (SSSR count). The third-order valence-electron chi connectivity index (χ3n) is 5.66. The van der Waals surface area contributed by atoms with E-state index in [1.807, 2.05) is 0 Å². The number of fused-ring (bicyclic) bond motifs is 2. The van der Waals surface area contributed by atoms with Crippen molar-refractivity contribution in [3.63, 3.8) is 0 Å². The molecule has 0 saturated carbocycles. The van der Waals surface area contributed by atoms with Gasteiger partial charge in [-0.15, -0.1) is 0 Å². The Hall–Kier alpha value is -3.33. The number of aromatic nitrogens is 3. The van der Waals surface area contributed by atoms with Crippen LogP contribution >= 0.6 is 0 Å². The number of amides is 1. The van der Waals surface area contributed by atoms with Crippen LogP contribution in [0.5, 0.6) is 0 Å². The number of likely N-dealkylation sites (tertiary alicyclic amines) is 1. The number of nitrogens with zero attached hydrogens (tertiary/aromatic N) is 4. The molecule has 30 heavy (non-hydrogen) atoms. The van der Waals surface area contributed by atoms with Crippen LogP contribution in [0.15, 0.2) is 53.3 Å². The second-order valence-corrected chi connectivity index (χ2v) is 7.49. The van der Waals surface area contributed by atoms with E-state index in [0.717, 1.165) is 5.39 Å². The Labute approximate surface area is 170 Å². The number of carbonyl (C=O) groups excluding carboxylic acids is 1. The first-order chi connectivity index (χ1) is 14.5. The fourth-order valence-corrected chi connectivity index (χ4v) is 4.08. The third-order valence-corrected chi connectivity index (χ3v) is 5.66. The summed E-state index contributed by atoms with van der Waals surface area (Å²) in [6.45, 7) is 0.806. The molecule has 9 heteroatoms. The van der Waals surface area contributed by atoms with Crippen LogP contribution in [0, 0.1) is 0 Å². The van der Waals surface area contributed by atoms with E-state index in [1.165, 1.54) is 16.8 Å². The highest BCUT2D eigenvalue weighted by molar-refractivity contribution is 5.97. The second kappa shape index (κ2) is 7.17. The van der Waals surface area contributed by atoms with Crippen molar-refractivity contribution in [3.8, 4) is 0 Å². The summed E-state index contributed by atoms with van der Waals surface area (Å²) in [6, 6.07) is 9.72. The van der Waals surface area contributed by atoms with Crippen LogP contribution in [0.4, 0.5) is 8.78 Å². The van der Waals surface area contributed by atoms with Gasteiger partial charge in [0.15, 0.2) is 5.65 Å². The monoisotopic (exact) mass is 411 g/mol. The Morgan fingerprint density at radius 3 is 2.93 bits per heavy atom. The van der Waals surface area contributed by atoms with Gasteiger partial charge in [0, 0.05) is 42.1 Å². The molecule has 0 bridgehead atoms. The average Bonchev–Trinajstić information content (AvgIpc) is 3.41. The molecule has 4 aromatic rings. The smallest absolute Gasteiger partial charge is 0.280 e. The van der Waals surface area contributed by atoms with Crippen molar-refractivity contribution < 1.29 is 18.0 Å². The zero-order valence-electron chi connectivity index (χ0n) is 15.9. The largest absolute Gasteiger partial charge is 0.464 e. The van der Waals surface area contributed by atoms with Crippen LogP contribution in [-0.2, 0) is 0 Å². The molecule has 154 valence electrons. The lowest BCUT2D eigenvalue weighted by Crippen LogP contribution is -2.48. The number of rotatable bonds is 3. The van der Waals surface area contributed by atoms with Crippen LogP contribution in [0.1, 0.15) is 40.5 Å². The second-order valence-electron chi connectivity index (χ2n) is 7.49. The molecule has 1 aromatic carbocycles. The average molecular weight is 411 g/mol. The minimum atomic E-state index is -2.71. The summed E-state index contributed by atoms with van der Waals surface area (Å²) in [4.78, 5) is 18.8. The highest BCUT2D eigenvalue weighted by Gasteiger charge is 2.33. The number of hydrogen-bond donors (Lipinski definition) is 1. The van der Waals surface area contributed by atoms with Crippen LogP contribution in [-0.4, -0.2) is 44.5 Å². The maximum atomic E-state index is 13.4.